The Balaban J connectivity index is 2.83. The quantitative estimate of drug-likeness (QED) is 0.907. The number of carbonyl (C=O) groups excluding carboxylic acids is 1. The zero-order valence-corrected chi connectivity index (χ0v) is 12.4. The predicted octanol–water partition coefficient (Wildman–Crippen LogP) is 2.30. The van der Waals surface area contributed by atoms with Crippen LogP contribution in [0.4, 0.5) is 0 Å². The van der Waals surface area contributed by atoms with Crippen LogP contribution in [0.3, 0.4) is 0 Å². The molecule has 1 rings (SSSR count). The Bertz CT molecular complexity index is 421. The first-order valence-corrected chi connectivity index (χ1v) is 6.52. The first kappa shape index (κ1) is 15.0. The van der Waals surface area contributed by atoms with Crippen LogP contribution >= 0.6 is 15.9 Å². The van der Waals surface area contributed by atoms with E-state index in [2.05, 4.69) is 15.9 Å². The maximum Gasteiger partial charge on any atom is 0.257 e. The van der Waals surface area contributed by atoms with E-state index in [9.17, 15) is 9.90 Å². The summed E-state index contributed by atoms with van der Waals surface area (Å²) in [6.45, 7) is 2.22. The molecular formula is C13H18BrNO3. The van der Waals surface area contributed by atoms with Gasteiger partial charge >= 0.3 is 0 Å². The average molecular weight is 316 g/mol. The van der Waals surface area contributed by atoms with E-state index >= 15 is 0 Å². The molecule has 0 heterocycles. The Morgan fingerprint density at radius 2 is 2.22 bits per heavy atom. The molecule has 18 heavy (non-hydrogen) atoms. The average Bonchev–Trinajstić information content (AvgIpc) is 2.34. The number of aliphatic hydroxyl groups is 1. The maximum absolute atomic E-state index is 12.2. The Morgan fingerprint density at radius 3 is 2.78 bits per heavy atom. The summed E-state index contributed by atoms with van der Waals surface area (Å²) in [5.41, 5.74) is 0.522. The lowest BCUT2D eigenvalue weighted by atomic mass is 10.1. The third-order valence-corrected chi connectivity index (χ3v) is 3.12. The molecule has 1 atom stereocenters. The number of halogens is 1. The Kier molecular flexibility index (Phi) is 5.62. The lowest BCUT2D eigenvalue weighted by Gasteiger charge is -2.19. The molecule has 1 amide bonds. The van der Waals surface area contributed by atoms with Gasteiger partial charge in [-0.2, -0.15) is 0 Å². The molecule has 1 aromatic carbocycles. The third kappa shape index (κ3) is 3.99. The van der Waals surface area contributed by atoms with Gasteiger partial charge in [-0.25, -0.2) is 0 Å². The second-order valence-corrected chi connectivity index (χ2v) is 5.12. The monoisotopic (exact) mass is 315 g/mol. The molecule has 100 valence electrons. The maximum atomic E-state index is 12.2. The SMILES string of the molecule is COc1cc(Br)ccc1C(=O)N(C)CCC(C)O. The van der Waals surface area contributed by atoms with Crippen LogP contribution in [0, 0.1) is 0 Å². The highest BCUT2D eigenvalue weighted by molar-refractivity contribution is 9.10. The lowest BCUT2D eigenvalue weighted by molar-refractivity contribution is 0.0765. The van der Waals surface area contributed by atoms with Crippen molar-refractivity contribution in [2.24, 2.45) is 0 Å². The fourth-order valence-electron chi connectivity index (χ4n) is 1.53. The summed E-state index contributed by atoms with van der Waals surface area (Å²) in [6.07, 6.45) is 0.147. The second-order valence-electron chi connectivity index (χ2n) is 4.21. The molecule has 1 aromatic rings. The van der Waals surface area contributed by atoms with Crippen molar-refractivity contribution in [3.05, 3.63) is 28.2 Å². The number of rotatable bonds is 5. The normalized spacial score (nSPS) is 12.1. The molecular weight excluding hydrogens is 298 g/mol. The van der Waals surface area contributed by atoms with Gasteiger partial charge in [-0.05, 0) is 31.5 Å². The molecule has 0 saturated carbocycles. The summed E-state index contributed by atoms with van der Waals surface area (Å²) >= 11 is 3.34. The number of nitrogens with zero attached hydrogens (tertiary/aromatic N) is 1. The molecule has 0 radical (unpaired) electrons. The van der Waals surface area contributed by atoms with E-state index in [4.69, 9.17) is 4.74 Å². The van der Waals surface area contributed by atoms with Crippen molar-refractivity contribution in [2.75, 3.05) is 20.7 Å². The number of carbonyl (C=O) groups is 1. The van der Waals surface area contributed by atoms with Crippen LogP contribution in [0.5, 0.6) is 5.75 Å². The smallest absolute Gasteiger partial charge is 0.257 e. The van der Waals surface area contributed by atoms with Crippen LogP contribution in [-0.4, -0.2) is 42.7 Å². The molecule has 4 nitrogen and oxygen atoms in total. The number of amides is 1. The van der Waals surface area contributed by atoms with Gasteiger partial charge in [0.1, 0.15) is 5.75 Å². The first-order valence-electron chi connectivity index (χ1n) is 5.72. The standard InChI is InChI=1S/C13H18BrNO3/c1-9(16)6-7-15(2)13(17)11-5-4-10(14)8-12(11)18-3/h4-5,8-9,16H,6-7H2,1-3H3. The van der Waals surface area contributed by atoms with Gasteiger partial charge in [0.05, 0.1) is 18.8 Å². The van der Waals surface area contributed by atoms with Crippen molar-refractivity contribution in [3.63, 3.8) is 0 Å². The molecule has 0 aliphatic heterocycles. The van der Waals surface area contributed by atoms with Crippen molar-refractivity contribution in [1.29, 1.82) is 0 Å². The van der Waals surface area contributed by atoms with Gasteiger partial charge in [-0.1, -0.05) is 15.9 Å². The number of hydrogen-bond donors (Lipinski definition) is 1. The summed E-state index contributed by atoms with van der Waals surface area (Å²) in [5, 5.41) is 9.22. The number of ether oxygens (including phenoxy) is 1. The first-order chi connectivity index (χ1) is 8.45. The van der Waals surface area contributed by atoms with Crippen molar-refractivity contribution in [1.82, 2.24) is 4.90 Å². The molecule has 0 aliphatic rings. The predicted molar refractivity (Wildman–Crippen MR) is 74.0 cm³/mol. The van der Waals surface area contributed by atoms with E-state index < -0.39 is 6.10 Å². The Hall–Kier alpha value is -1.07. The molecule has 0 spiro atoms. The van der Waals surface area contributed by atoms with Crippen LogP contribution in [0.25, 0.3) is 0 Å². The van der Waals surface area contributed by atoms with E-state index in [0.717, 1.165) is 4.47 Å². The van der Waals surface area contributed by atoms with Gasteiger partial charge in [0.15, 0.2) is 0 Å². The minimum Gasteiger partial charge on any atom is -0.496 e. The van der Waals surface area contributed by atoms with Gasteiger partial charge in [0.25, 0.3) is 5.91 Å². The van der Waals surface area contributed by atoms with E-state index in [0.29, 0.717) is 24.3 Å². The highest BCUT2D eigenvalue weighted by Gasteiger charge is 2.16. The van der Waals surface area contributed by atoms with Crippen molar-refractivity contribution >= 4 is 21.8 Å². The summed E-state index contributed by atoms with van der Waals surface area (Å²) in [7, 11) is 3.25. The van der Waals surface area contributed by atoms with Crippen LogP contribution < -0.4 is 4.74 Å². The molecule has 5 heteroatoms. The van der Waals surface area contributed by atoms with Crippen LogP contribution in [0.2, 0.25) is 0 Å². The van der Waals surface area contributed by atoms with Crippen molar-refractivity contribution in [2.45, 2.75) is 19.4 Å². The van der Waals surface area contributed by atoms with Crippen molar-refractivity contribution < 1.29 is 14.6 Å². The fourth-order valence-corrected chi connectivity index (χ4v) is 1.87. The summed E-state index contributed by atoms with van der Waals surface area (Å²) in [4.78, 5) is 13.8. The Morgan fingerprint density at radius 1 is 1.56 bits per heavy atom. The van der Waals surface area contributed by atoms with E-state index in [-0.39, 0.29) is 5.91 Å². The molecule has 0 fully saturated rings. The minimum absolute atomic E-state index is 0.111. The van der Waals surface area contributed by atoms with Gasteiger partial charge in [0.2, 0.25) is 0 Å². The van der Waals surface area contributed by atoms with E-state index in [1.165, 1.54) is 7.11 Å². The van der Waals surface area contributed by atoms with Gasteiger partial charge in [-0.15, -0.1) is 0 Å². The lowest BCUT2D eigenvalue weighted by Crippen LogP contribution is -2.29. The number of methoxy groups -OCH3 is 1. The van der Waals surface area contributed by atoms with Crippen LogP contribution in [0.15, 0.2) is 22.7 Å². The minimum atomic E-state index is -0.410. The molecule has 0 aliphatic carbocycles. The largest absolute Gasteiger partial charge is 0.496 e. The summed E-state index contributed by atoms with van der Waals surface area (Å²) < 4.78 is 6.06. The van der Waals surface area contributed by atoms with Gasteiger partial charge < -0.3 is 14.7 Å². The second kappa shape index (κ2) is 6.75. The van der Waals surface area contributed by atoms with Crippen LogP contribution in [0.1, 0.15) is 23.7 Å². The molecule has 1 unspecified atom stereocenters. The highest BCUT2D eigenvalue weighted by atomic mass is 79.9. The van der Waals surface area contributed by atoms with Crippen LogP contribution in [-0.2, 0) is 0 Å². The van der Waals surface area contributed by atoms with Gasteiger partial charge in [0, 0.05) is 18.1 Å². The van der Waals surface area contributed by atoms with Gasteiger partial charge in [-0.3, -0.25) is 4.79 Å². The topological polar surface area (TPSA) is 49.8 Å². The fraction of sp³-hybridized carbons (Fsp3) is 0.462. The number of benzene rings is 1. The molecule has 0 aromatic heterocycles. The summed E-state index contributed by atoms with van der Waals surface area (Å²) in [5.74, 6) is 0.429. The summed E-state index contributed by atoms with van der Waals surface area (Å²) in [6, 6.07) is 5.29. The molecule has 1 N–H and O–H groups in total. The Labute approximate surface area is 116 Å². The van der Waals surface area contributed by atoms with E-state index in [1.54, 1.807) is 37.1 Å². The molecule has 0 bridgehead atoms. The number of aliphatic hydroxyl groups excluding tert-OH is 1. The highest BCUT2D eigenvalue weighted by Crippen LogP contribution is 2.24. The van der Waals surface area contributed by atoms with Crippen molar-refractivity contribution in [3.8, 4) is 5.75 Å². The van der Waals surface area contributed by atoms with E-state index in [1.807, 2.05) is 0 Å². The zero-order chi connectivity index (χ0) is 13.7. The third-order valence-electron chi connectivity index (χ3n) is 2.62. The number of hydrogen-bond acceptors (Lipinski definition) is 3. The zero-order valence-electron chi connectivity index (χ0n) is 10.8. The molecule has 0 saturated heterocycles.